The first-order chi connectivity index (χ1) is 5.76. The summed E-state index contributed by atoms with van der Waals surface area (Å²) in [6.45, 7) is 2.06. The summed E-state index contributed by atoms with van der Waals surface area (Å²) in [4.78, 5) is 11.2. The van der Waals surface area contributed by atoms with Gasteiger partial charge >= 0.3 is 0 Å². The monoisotopic (exact) mass is 188 g/mol. The third-order valence-electron chi connectivity index (χ3n) is 2.08. The largest absolute Gasteiger partial charge is 0.369 e. The molecule has 0 radical (unpaired) electrons. The Morgan fingerprint density at radius 3 is 2.83 bits per heavy atom. The van der Waals surface area contributed by atoms with Gasteiger partial charge in [0, 0.05) is 7.11 Å². The van der Waals surface area contributed by atoms with E-state index < -0.39 is 0 Å². The summed E-state index contributed by atoms with van der Waals surface area (Å²) in [5.41, 5.74) is 0. The van der Waals surface area contributed by atoms with Gasteiger partial charge in [-0.15, -0.1) is 0 Å². The Morgan fingerprint density at radius 2 is 2.42 bits per heavy atom. The average molecular weight is 188 g/mol. The first-order valence-electron chi connectivity index (χ1n) is 3.99. The smallest absolute Gasteiger partial charge is 0.262 e. The SMILES string of the molecule is CCCC1[C@@H](OC)C(=O)N1P=N. The minimum atomic E-state index is -0.289. The van der Waals surface area contributed by atoms with E-state index in [0.29, 0.717) is 0 Å². The highest BCUT2D eigenvalue weighted by molar-refractivity contribution is 7.23. The summed E-state index contributed by atoms with van der Waals surface area (Å²) >= 11 is 0. The maximum atomic E-state index is 11.2. The molecular formula is C7H13N2O2P. The lowest BCUT2D eigenvalue weighted by molar-refractivity contribution is -0.158. The normalized spacial score (nSPS) is 29.2. The van der Waals surface area contributed by atoms with E-state index in [4.69, 9.17) is 9.90 Å². The number of carbonyl (C=O) groups is 1. The number of hydrogen-bond acceptors (Lipinski definition) is 3. The molecule has 1 saturated heterocycles. The zero-order valence-electron chi connectivity index (χ0n) is 7.28. The van der Waals surface area contributed by atoms with Crippen molar-refractivity contribution < 1.29 is 9.53 Å². The van der Waals surface area contributed by atoms with E-state index in [1.807, 2.05) is 0 Å². The van der Waals surface area contributed by atoms with Crippen LogP contribution >= 0.6 is 8.52 Å². The van der Waals surface area contributed by atoms with E-state index in [-0.39, 0.29) is 26.6 Å². The zero-order chi connectivity index (χ0) is 9.14. The van der Waals surface area contributed by atoms with Crippen LogP contribution in [0.1, 0.15) is 19.8 Å². The molecule has 1 heterocycles. The Kier molecular flexibility index (Phi) is 3.18. The lowest BCUT2D eigenvalue weighted by Crippen LogP contribution is -2.60. The lowest BCUT2D eigenvalue weighted by atomic mass is 9.97. The zero-order valence-corrected chi connectivity index (χ0v) is 8.17. The van der Waals surface area contributed by atoms with Crippen LogP contribution in [0.3, 0.4) is 0 Å². The van der Waals surface area contributed by atoms with Gasteiger partial charge in [-0.05, 0) is 6.42 Å². The van der Waals surface area contributed by atoms with Crippen LogP contribution in [-0.4, -0.2) is 29.8 Å². The van der Waals surface area contributed by atoms with Crippen LogP contribution in [0, 0.1) is 5.16 Å². The summed E-state index contributed by atoms with van der Waals surface area (Å²) in [5, 5.41) is 7.09. The number of β-lactam (4-membered cyclic amide) rings is 1. The van der Waals surface area contributed by atoms with Crippen molar-refractivity contribution in [3.63, 3.8) is 0 Å². The van der Waals surface area contributed by atoms with Crippen molar-refractivity contribution >= 4 is 14.4 Å². The van der Waals surface area contributed by atoms with Crippen molar-refractivity contribution in [2.75, 3.05) is 7.11 Å². The number of methoxy groups -OCH3 is 1. The molecule has 2 atom stereocenters. The summed E-state index contributed by atoms with van der Waals surface area (Å²) in [6.07, 6.45) is 1.66. The topological polar surface area (TPSA) is 53.4 Å². The lowest BCUT2D eigenvalue weighted by Gasteiger charge is -2.42. The Morgan fingerprint density at radius 1 is 1.75 bits per heavy atom. The second kappa shape index (κ2) is 3.97. The molecule has 0 spiro atoms. The van der Waals surface area contributed by atoms with Crippen molar-refractivity contribution in [1.82, 2.24) is 4.67 Å². The number of rotatable bonds is 4. The summed E-state index contributed by atoms with van der Waals surface area (Å²) in [5.74, 6) is -0.0485. The van der Waals surface area contributed by atoms with Gasteiger partial charge in [0.2, 0.25) is 0 Å². The van der Waals surface area contributed by atoms with Gasteiger partial charge in [0.15, 0.2) is 6.10 Å². The van der Waals surface area contributed by atoms with Crippen LogP contribution in [0.5, 0.6) is 0 Å². The number of carbonyl (C=O) groups excluding carboxylic acids is 1. The standard InChI is InChI=1S/C7H13N2O2P/c1-3-4-5-6(11-2)7(10)9(5)12-8/h5-6,8H,3-4H2,1-2H3/t5?,6-/m1/s1. The number of amides is 1. The Balaban J connectivity index is 2.56. The van der Waals surface area contributed by atoms with E-state index >= 15 is 0 Å². The molecule has 1 amide bonds. The van der Waals surface area contributed by atoms with Gasteiger partial charge in [-0.3, -0.25) is 14.6 Å². The molecule has 1 fully saturated rings. The van der Waals surface area contributed by atoms with Gasteiger partial charge in [0.25, 0.3) is 5.91 Å². The fraction of sp³-hybridized carbons (Fsp3) is 0.857. The average Bonchev–Trinajstić information content (AvgIpc) is 2.06. The fourth-order valence-electron chi connectivity index (χ4n) is 1.46. The third-order valence-corrected chi connectivity index (χ3v) is 2.79. The van der Waals surface area contributed by atoms with Crippen LogP contribution in [0.2, 0.25) is 0 Å². The molecule has 1 rings (SSSR count). The van der Waals surface area contributed by atoms with Gasteiger partial charge in [0.1, 0.15) is 8.52 Å². The highest BCUT2D eigenvalue weighted by Crippen LogP contribution is 2.31. The molecule has 1 aliphatic rings. The first-order valence-corrected chi connectivity index (χ1v) is 4.84. The van der Waals surface area contributed by atoms with Crippen molar-refractivity contribution in [1.29, 1.82) is 5.16 Å². The molecule has 0 aromatic heterocycles. The third kappa shape index (κ3) is 1.37. The Bertz CT molecular complexity index is 198. The molecule has 0 bridgehead atoms. The maximum Gasteiger partial charge on any atom is 0.262 e. The highest BCUT2D eigenvalue weighted by Gasteiger charge is 2.46. The summed E-state index contributed by atoms with van der Waals surface area (Å²) in [6, 6.07) is 0.131. The van der Waals surface area contributed by atoms with E-state index in [1.165, 1.54) is 4.67 Å². The minimum Gasteiger partial charge on any atom is -0.369 e. The molecule has 1 aliphatic heterocycles. The molecular weight excluding hydrogens is 175 g/mol. The minimum absolute atomic E-state index is 0.0485. The summed E-state index contributed by atoms with van der Waals surface area (Å²) in [7, 11) is 1.83. The van der Waals surface area contributed by atoms with Crippen molar-refractivity contribution in [2.45, 2.75) is 31.9 Å². The second-order valence-corrected chi connectivity index (χ2v) is 3.43. The predicted molar refractivity (Wildman–Crippen MR) is 46.0 cm³/mol. The maximum absolute atomic E-state index is 11.2. The number of ether oxygens (including phenoxy) is 1. The molecule has 4 nitrogen and oxygen atoms in total. The number of nitrogens with zero attached hydrogens (tertiary/aromatic N) is 1. The van der Waals surface area contributed by atoms with Gasteiger partial charge in [-0.25, -0.2) is 0 Å². The van der Waals surface area contributed by atoms with Gasteiger partial charge in [0.05, 0.1) is 6.04 Å². The molecule has 68 valence electrons. The van der Waals surface area contributed by atoms with Crippen LogP contribution in [0.4, 0.5) is 0 Å². The number of nitrogens with one attached hydrogen (secondary N) is 1. The Labute approximate surface area is 73.6 Å². The van der Waals surface area contributed by atoms with E-state index in [1.54, 1.807) is 7.11 Å². The fourth-order valence-corrected chi connectivity index (χ4v) is 2.05. The Hall–Kier alpha value is -0.470. The van der Waals surface area contributed by atoms with Gasteiger partial charge in [-0.1, -0.05) is 13.3 Å². The van der Waals surface area contributed by atoms with Crippen LogP contribution in [-0.2, 0) is 9.53 Å². The number of hydrogen-bond donors (Lipinski definition) is 1. The van der Waals surface area contributed by atoms with Gasteiger partial charge in [-0.2, -0.15) is 0 Å². The molecule has 1 N–H and O–H groups in total. The first kappa shape index (κ1) is 9.62. The van der Waals surface area contributed by atoms with Crippen molar-refractivity contribution in [3.8, 4) is 0 Å². The van der Waals surface area contributed by atoms with Crippen LogP contribution in [0.25, 0.3) is 0 Å². The molecule has 0 aromatic carbocycles. The van der Waals surface area contributed by atoms with Crippen LogP contribution in [0.15, 0.2) is 0 Å². The quantitative estimate of drug-likeness (QED) is 0.538. The molecule has 5 heteroatoms. The predicted octanol–water partition coefficient (Wildman–Crippen LogP) is 1.64. The van der Waals surface area contributed by atoms with Crippen molar-refractivity contribution in [2.24, 2.45) is 0 Å². The summed E-state index contributed by atoms with van der Waals surface area (Å²) < 4.78 is 6.54. The molecule has 0 aliphatic carbocycles. The molecule has 12 heavy (non-hydrogen) atoms. The van der Waals surface area contributed by atoms with E-state index in [9.17, 15) is 4.79 Å². The van der Waals surface area contributed by atoms with E-state index in [0.717, 1.165) is 12.8 Å². The van der Waals surface area contributed by atoms with Crippen LogP contribution < -0.4 is 0 Å². The van der Waals surface area contributed by atoms with Gasteiger partial charge < -0.3 is 4.74 Å². The molecule has 1 unspecified atom stereocenters. The molecule has 0 aromatic rings. The highest BCUT2D eigenvalue weighted by atomic mass is 31.1. The molecule has 0 saturated carbocycles. The van der Waals surface area contributed by atoms with E-state index in [2.05, 4.69) is 6.92 Å². The van der Waals surface area contributed by atoms with Crippen molar-refractivity contribution in [3.05, 3.63) is 0 Å². The second-order valence-electron chi connectivity index (χ2n) is 2.80.